The summed E-state index contributed by atoms with van der Waals surface area (Å²) < 4.78 is 39.2. The highest BCUT2D eigenvalue weighted by atomic mass is 19.4. The molecule has 0 aliphatic carbocycles. The Morgan fingerprint density at radius 2 is 1.67 bits per heavy atom. The van der Waals surface area contributed by atoms with Crippen molar-refractivity contribution < 1.29 is 27.7 Å². The molecule has 0 heterocycles. The van der Waals surface area contributed by atoms with E-state index in [1.165, 1.54) is 24.3 Å². The molecule has 0 spiro atoms. The van der Waals surface area contributed by atoms with Crippen LogP contribution < -0.4 is 5.32 Å². The van der Waals surface area contributed by atoms with E-state index in [-0.39, 0.29) is 16.9 Å². The summed E-state index contributed by atoms with van der Waals surface area (Å²) in [5, 5.41) is 13.0. The average molecular weight is 378 g/mol. The molecule has 9 heteroatoms. The summed E-state index contributed by atoms with van der Waals surface area (Å²) in [6.45, 7) is 1.05. The zero-order valence-corrected chi connectivity index (χ0v) is 13.9. The van der Waals surface area contributed by atoms with Crippen molar-refractivity contribution in [3.05, 3.63) is 75.3 Å². The van der Waals surface area contributed by atoms with E-state index in [4.69, 9.17) is 0 Å². The van der Waals surface area contributed by atoms with E-state index in [1.807, 2.05) is 0 Å². The number of non-ortho nitro benzene ring substituents is 1. The number of hydrogen-bond donors (Lipinski definition) is 1. The van der Waals surface area contributed by atoms with Gasteiger partial charge in [-0.25, -0.2) is 0 Å². The zero-order valence-electron chi connectivity index (χ0n) is 13.9. The number of nitro groups is 1. The lowest BCUT2D eigenvalue weighted by Gasteiger charge is -2.11. The van der Waals surface area contributed by atoms with Crippen molar-refractivity contribution in [1.82, 2.24) is 0 Å². The van der Waals surface area contributed by atoms with E-state index in [0.717, 1.165) is 37.3 Å². The number of hydrogen-bond acceptors (Lipinski definition) is 4. The van der Waals surface area contributed by atoms with E-state index in [0.29, 0.717) is 0 Å². The van der Waals surface area contributed by atoms with Crippen LogP contribution in [0.15, 0.2) is 54.1 Å². The normalized spacial score (nSPS) is 11.8. The van der Waals surface area contributed by atoms with Crippen LogP contribution in [0.5, 0.6) is 0 Å². The van der Waals surface area contributed by atoms with Gasteiger partial charge in [0.2, 0.25) is 0 Å². The predicted octanol–water partition coefficient (Wildman–Crippen LogP) is 4.22. The van der Waals surface area contributed by atoms with Crippen LogP contribution >= 0.6 is 0 Å². The summed E-state index contributed by atoms with van der Waals surface area (Å²) in [7, 11) is 0. The summed E-state index contributed by atoms with van der Waals surface area (Å²) in [6.07, 6.45) is -3.78. The molecule has 0 aromatic heterocycles. The third-order valence-corrected chi connectivity index (χ3v) is 3.53. The molecule has 0 atom stereocenters. The number of anilines is 1. The zero-order chi connectivity index (χ0) is 20.2. The molecule has 1 N–H and O–H groups in total. The maximum atomic E-state index is 13.1. The number of rotatable bonds is 5. The lowest BCUT2D eigenvalue weighted by atomic mass is 10.0. The van der Waals surface area contributed by atoms with E-state index < -0.39 is 33.9 Å². The fourth-order valence-corrected chi connectivity index (χ4v) is 2.23. The molecule has 0 radical (unpaired) electrons. The Labute approximate surface area is 151 Å². The second kappa shape index (κ2) is 7.81. The quantitative estimate of drug-likeness (QED) is 0.277. The number of ketones is 1. The minimum absolute atomic E-state index is 0.154. The van der Waals surface area contributed by atoms with Crippen LogP contribution in [-0.4, -0.2) is 16.6 Å². The summed E-state index contributed by atoms with van der Waals surface area (Å²) >= 11 is 0. The number of carbonyl (C=O) groups is 2. The van der Waals surface area contributed by atoms with Crippen LogP contribution in [0.2, 0.25) is 0 Å². The number of benzene rings is 2. The largest absolute Gasteiger partial charge is 0.416 e. The molecule has 27 heavy (non-hydrogen) atoms. The first kappa shape index (κ1) is 19.8. The average Bonchev–Trinajstić information content (AvgIpc) is 2.59. The molecule has 0 fully saturated rings. The number of Topliss-reactive ketones (excluding diaryl/α,β-unsaturated/α-hetero) is 1. The van der Waals surface area contributed by atoms with Crippen molar-refractivity contribution in [2.75, 3.05) is 5.32 Å². The van der Waals surface area contributed by atoms with Crippen molar-refractivity contribution >= 4 is 29.1 Å². The molecule has 2 rings (SSSR count). The molecule has 0 bridgehead atoms. The lowest BCUT2D eigenvalue weighted by molar-refractivity contribution is -0.384. The molecule has 2 aromatic rings. The van der Waals surface area contributed by atoms with Gasteiger partial charge in [0.1, 0.15) is 0 Å². The summed E-state index contributed by atoms with van der Waals surface area (Å²) in [5.74, 6) is -1.65. The number of halogens is 3. The minimum atomic E-state index is -4.65. The van der Waals surface area contributed by atoms with Crippen molar-refractivity contribution in [2.45, 2.75) is 13.1 Å². The SMILES string of the molecule is CC(=O)/C(=C\c1ccccc1C(F)(F)F)C(=O)Nc1ccc([N+](=O)[O-])cc1. The van der Waals surface area contributed by atoms with Gasteiger partial charge in [-0.2, -0.15) is 13.2 Å². The maximum absolute atomic E-state index is 13.1. The smallest absolute Gasteiger partial charge is 0.322 e. The van der Waals surface area contributed by atoms with Crippen molar-refractivity contribution in [1.29, 1.82) is 0 Å². The Morgan fingerprint density at radius 1 is 1.07 bits per heavy atom. The first-order chi connectivity index (χ1) is 12.6. The number of nitrogens with one attached hydrogen (secondary N) is 1. The van der Waals surface area contributed by atoms with Gasteiger partial charge in [0.05, 0.1) is 16.1 Å². The molecule has 0 aliphatic heterocycles. The minimum Gasteiger partial charge on any atom is -0.322 e. The third kappa shape index (κ3) is 5.00. The Bertz CT molecular complexity index is 919. The lowest BCUT2D eigenvalue weighted by Crippen LogP contribution is -2.19. The highest BCUT2D eigenvalue weighted by molar-refractivity contribution is 6.25. The molecule has 0 aliphatic rings. The van der Waals surface area contributed by atoms with Gasteiger partial charge in [0.15, 0.2) is 5.78 Å². The molecule has 140 valence electrons. The highest BCUT2D eigenvalue weighted by Gasteiger charge is 2.32. The fourth-order valence-electron chi connectivity index (χ4n) is 2.23. The maximum Gasteiger partial charge on any atom is 0.416 e. The Balaban J connectivity index is 2.35. The number of alkyl halides is 3. The second-order valence-electron chi connectivity index (χ2n) is 5.46. The summed E-state index contributed by atoms with van der Waals surface area (Å²) in [6, 6.07) is 9.33. The van der Waals surface area contributed by atoms with Crippen molar-refractivity contribution in [2.24, 2.45) is 0 Å². The molecule has 0 saturated carbocycles. The van der Waals surface area contributed by atoms with Crippen LogP contribution in [0.3, 0.4) is 0 Å². The molecule has 2 aromatic carbocycles. The third-order valence-electron chi connectivity index (χ3n) is 3.53. The first-order valence-corrected chi connectivity index (χ1v) is 7.54. The van der Waals surface area contributed by atoms with E-state index in [1.54, 1.807) is 0 Å². The standard InChI is InChI=1S/C18H13F3N2O4/c1-11(24)15(10-12-4-2-3-5-16(12)18(19,20)21)17(25)22-13-6-8-14(9-7-13)23(26)27/h2-10H,1H3,(H,22,25)/b15-10+. The van der Waals surface area contributed by atoms with Gasteiger partial charge in [-0.05, 0) is 36.8 Å². The second-order valence-corrected chi connectivity index (χ2v) is 5.46. The van der Waals surface area contributed by atoms with Gasteiger partial charge in [-0.15, -0.1) is 0 Å². The highest BCUT2D eigenvalue weighted by Crippen LogP contribution is 2.33. The molecular weight excluding hydrogens is 365 g/mol. The van der Waals surface area contributed by atoms with Gasteiger partial charge in [0, 0.05) is 17.8 Å². The number of nitro benzene ring substituents is 1. The molecule has 6 nitrogen and oxygen atoms in total. The van der Waals surface area contributed by atoms with Crippen LogP contribution in [0.1, 0.15) is 18.1 Å². The number of carbonyl (C=O) groups excluding carboxylic acids is 2. The summed E-state index contributed by atoms with van der Waals surface area (Å²) in [5.41, 5.74) is -1.83. The fraction of sp³-hybridized carbons (Fsp3) is 0.111. The monoisotopic (exact) mass is 378 g/mol. The van der Waals surface area contributed by atoms with Crippen LogP contribution in [0.25, 0.3) is 6.08 Å². The van der Waals surface area contributed by atoms with Crippen LogP contribution in [0.4, 0.5) is 24.5 Å². The van der Waals surface area contributed by atoms with Crippen LogP contribution in [-0.2, 0) is 15.8 Å². The molecule has 0 saturated heterocycles. The molecule has 0 unspecified atom stereocenters. The molecule has 1 amide bonds. The Morgan fingerprint density at radius 3 is 2.19 bits per heavy atom. The van der Waals surface area contributed by atoms with Gasteiger partial charge in [0.25, 0.3) is 11.6 Å². The number of amides is 1. The van der Waals surface area contributed by atoms with E-state index >= 15 is 0 Å². The van der Waals surface area contributed by atoms with Gasteiger partial charge >= 0.3 is 6.18 Å². The van der Waals surface area contributed by atoms with E-state index in [9.17, 15) is 32.9 Å². The van der Waals surface area contributed by atoms with Crippen LogP contribution in [0, 0.1) is 10.1 Å². The van der Waals surface area contributed by atoms with Gasteiger partial charge in [-0.1, -0.05) is 18.2 Å². The first-order valence-electron chi connectivity index (χ1n) is 7.54. The topological polar surface area (TPSA) is 89.3 Å². The Kier molecular flexibility index (Phi) is 5.74. The Hall–Kier alpha value is -3.49. The van der Waals surface area contributed by atoms with Crippen molar-refractivity contribution in [3.8, 4) is 0 Å². The van der Waals surface area contributed by atoms with E-state index in [2.05, 4.69) is 5.32 Å². The van der Waals surface area contributed by atoms with Gasteiger partial charge < -0.3 is 5.32 Å². The summed E-state index contributed by atoms with van der Waals surface area (Å²) in [4.78, 5) is 34.1. The molecular formula is C18H13F3N2O4. The predicted molar refractivity (Wildman–Crippen MR) is 91.8 cm³/mol. The van der Waals surface area contributed by atoms with Gasteiger partial charge in [-0.3, -0.25) is 19.7 Å². The number of nitrogens with zero attached hydrogens (tertiary/aromatic N) is 1. The van der Waals surface area contributed by atoms with Crippen molar-refractivity contribution in [3.63, 3.8) is 0 Å².